The molecule has 29 heavy (non-hydrogen) atoms. The summed E-state index contributed by atoms with van der Waals surface area (Å²) >= 11 is 0. The van der Waals surface area contributed by atoms with Crippen molar-refractivity contribution in [2.75, 3.05) is 0 Å². The molecule has 0 radical (unpaired) electrons. The van der Waals surface area contributed by atoms with E-state index in [1.165, 1.54) is 68.9 Å². The van der Waals surface area contributed by atoms with E-state index in [1.54, 1.807) is 0 Å². The van der Waals surface area contributed by atoms with Gasteiger partial charge in [-0.15, -0.1) is 0 Å². The van der Waals surface area contributed by atoms with Crippen LogP contribution in [0.25, 0.3) is 0 Å². The van der Waals surface area contributed by atoms with Crippen LogP contribution >= 0.6 is 0 Å². The molecule has 1 fully saturated rings. The van der Waals surface area contributed by atoms with Crippen LogP contribution < -0.4 is 0 Å². The summed E-state index contributed by atoms with van der Waals surface area (Å²) in [5.74, 6) is 1.08. The van der Waals surface area contributed by atoms with Crippen LogP contribution in [-0.4, -0.2) is 10.2 Å². The minimum Gasteiger partial charge on any atom is -0.508 e. The Morgan fingerprint density at radius 3 is 1.55 bits per heavy atom. The van der Waals surface area contributed by atoms with Gasteiger partial charge in [0.15, 0.2) is 0 Å². The lowest BCUT2D eigenvalue weighted by molar-refractivity contribution is 0.111. The molecule has 2 aromatic rings. The van der Waals surface area contributed by atoms with Crippen molar-refractivity contribution in [3.05, 3.63) is 59.7 Å². The quantitative estimate of drug-likeness (QED) is 0.551. The first kappa shape index (κ1) is 21.7. The zero-order valence-corrected chi connectivity index (χ0v) is 18.5. The van der Waals surface area contributed by atoms with E-state index in [0.29, 0.717) is 17.4 Å². The Morgan fingerprint density at radius 2 is 1.07 bits per heavy atom. The van der Waals surface area contributed by atoms with Gasteiger partial charge in [-0.2, -0.15) is 0 Å². The third-order valence-electron chi connectivity index (χ3n) is 7.39. The largest absolute Gasteiger partial charge is 0.508 e. The van der Waals surface area contributed by atoms with E-state index in [4.69, 9.17) is 0 Å². The van der Waals surface area contributed by atoms with Crippen molar-refractivity contribution in [3.8, 4) is 11.5 Å². The van der Waals surface area contributed by atoms with Crippen molar-refractivity contribution in [2.45, 2.75) is 84.0 Å². The predicted molar refractivity (Wildman–Crippen MR) is 121 cm³/mol. The lowest BCUT2D eigenvalue weighted by Gasteiger charge is -2.52. The zero-order valence-electron chi connectivity index (χ0n) is 18.5. The first-order valence-electron chi connectivity index (χ1n) is 11.5. The summed E-state index contributed by atoms with van der Waals surface area (Å²) in [5, 5.41) is 19.9. The second-order valence-electron chi connectivity index (χ2n) is 9.70. The summed E-state index contributed by atoms with van der Waals surface area (Å²) < 4.78 is 0. The molecule has 1 saturated carbocycles. The number of hydrogen-bond donors (Lipinski definition) is 2. The molecule has 0 amide bonds. The number of phenolic OH excluding ortho intramolecular Hbond substituents is 2. The van der Waals surface area contributed by atoms with E-state index < -0.39 is 0 Å². The van der Waals surface area contributed by atoms with Gasteiger partial charge in [-0.1, -0.05) is 90.0 Å². The van der Waals surface area contributed by atoms with E-state index in [-0.39, 0.29) is 10.8 Å². The van der Waals surface area contributed by atoms with E-state index in [0.717, 1.165) is 0 Å². The highest BCUT2D eigenvalue weighted by Crippen LogP contribution is 2.56. The monoisotopic (exact) mass is 394 g/mol. The second kappa shape index (κ2) is 9.24. The van der Waals surface area contributed by atoms with E-state index in [9.17, 15) is 10.2 Å². The van der Waals surface area contributed by atoms with Gasteiger partial charge < -0.3 is 10.2 Å². The van der Waals surface area contributed by atoms with E-state index >= 15 is 0 Å². The molecule has 0 bridgehead atoms. The summed E-state index contributed by atoms with van der Waals surface area (Å²) in [6.45, 7) is 7.26. The Labute approximate surface area is 177 Å². The molecule has 158 valence electrons. The molecule has 0 aromatic heterocycles. The molecule has 2 heteroatoms. The fraction of sp³-hybridized carbons (Fsp3) is 0.556. The third-order valence-corrected chi connectivity index (χ3v) is 7.39. The van der Waals surface area contributed by atoms with Gasteiger partial charge in [-0.05, 0) is 59.6 Å². The van der Waals surface area contributed by atoms with Crippen molar-refractivity contribution in [1.82, 2.24) is 0 Å². The molecular formula is C27H38O2. The average molecular weight is 395 g/mol. The summed E-state index contributed by atoms with van der Waals surface area (Å²) in [4.78, 5) is 0. The van der Waals surface area contributed by atoms with Crippen LogP contribution in [0.4, 0.5) is 0 Å². The summed E-state index contributed by atoms with van der Waals surface area (Å²) in [5.41, 5.74) is 2.42. The number of hydrogen-bond acceptors (Lipinski definition) is 2. The second-order valence-corrected chi connectivity index (χ2v) is 9.70. The number of aromatic hydroxyl groups is 2. The Kier molecular flexibility index (Phi) is 6.93. The summed E-state index contributed by atoms with van der Waals surface area (Å²) in [6.07, 6.45) is 11.5. The highest BCUT2D eigenvalue weighted by molar-refractivity contribution is 5.46. The highest BCUT2D eigenvalue weighted by atomic mass is 16.3. The van der Waals surface area contributed by atoms with E-state index in [1.807, 2.05) is 24.3 Å². The van der Waals surface area contributed by atoms with Crippen LogP contribution in [0.3, 0.4) is 0 Å². The molecule has 3 rings (SSSR count). The van der Waals surface area contributed by atoms with Crippen molar-refractivity contribution in [2.24, 2.45) is 11.3 Å². The maximum absolute atomic E-state index is 9.96. The minimum absolute atomic E-state index is 0.0412. The highest BCUT2D eigenvalue weighted by Gasteiger charge is 2.50. The molecule has 1 atom stereocenters. The van der Waals surface area contributed by atoms with Crippen molar-refractivity contribution in [1.29, 1.82) is 0 Å². The lowest BCUT2D eigenvalue weighted by atomic mass is 9.51. The Hall–Kier alpha value is -1.96. The maximum Gasteiger partial charge on any atom is 0.115 e. The smallest absolute Gasteiger partial charge is 0.115 e. The SMILES string of the molecule is CC1CCCCCCCCCC(C)(C)C1(c1ccc(O)cc1)c1ccc(O)cc1. The van der Waals surface area contributed by atoms with Crippen LogP contribution in [0.5, 0.6) is 11.5 Å². The molecule has 1 aliphatic carbocycles. The van der Waals surface area contributed by atoms with Crippen molar-refractivity contribution < 1.29 is 10.2 Å². The Morgan fingerprint density at radius 1 is 0.655 bits per heavy atom. The van der Waals surface area contributed by atoms with Gasteiger partial charge in [0, 0.05) is 5.41 Å². The fourth-order valence-corrected chi connectivity index (χ4v) is 5.95. The molecule has 0 saturated heterocycles. The van der Waals surface area contributed by atoms with Crippen molar-refractivity contribution >= 4 is 0 Å². The minimum atomic E-state index is -0.173. The Bertz CT molecular complexity index is 713. The third kappa shape index (κ3) is 4.47. The molecule has 1 unspecified atom stereocenters. The molecule has 2 nitrogen and oxygen atoms in total. The molecule has 2 N–H and O–H groups in total. The van der Waals surface area contributed by atoms with Crippen LogP contribution in [0.1, 0.15) is 89.7 Å². The van der Waals surface area contributed by atoms with Gasteiger partial charge in [0.25, 0.3) is 0 Å². The van der Waals surface area contributed by atoms with Gasteiger partial charge in [0.1, 0.15) is 11.5 Å². The molecular weight excluding hydrogens is 356 g/mol. The summed E-state index contributed by atoms with van der Waals surface area (Å²) in [7, 11) is 0. The first-order valence-corrected chi connectivity index (χ1v) is 11.5. The molecule has 1 aliphatic rings. The average Bonchev–Trinajstić information content (AvgIpc) is 2.69. The lowest BCUT2D eigenvalue weighted by Crippen LogP contribution is -2.48. The molecule has 0 spiro atoms. The van der Waals surface area contributed by atoms with Gasteiger partial charge in [-0.25, -0.2) is 0 Å². The summed E-state index contributed by atoms with van der Waals surface area (Å²) in [6, 6.07) is 15.8. The van der Waals surface area contributed by atoms with Gasteiger partial charge in [-0.3, -0.25) is 0 Å². The van der Waals surface area contributed by atoms with Gasteiger partial charge in [0.05, 0.1) is 0 Å². The first-order chi connectivity index (χ1) is 13.9. The normalized spacial score (nSPS) is 22.9. The fourth-order valence-electron chi connectivity index (χ4n) is 5.95. The van der Waals surface area contributed by atoms with Crippen LogP contribution in [-0.2, 0) is 5.41 Å². The number of benzene rings is 2. The van der Waals surface area contributed by atoms with Crippen LogP contribution in [0.2, 0.25) is 0 Å². The number of rotatable bonds is 2. The zero-order chi connectivity index (χ0) is 20.9. The number of phenols is 2. The molecule has 0 heterocycles. The molecule has 0 aliphatic heterocycles. The standard InChI is InChI=1S/C27H38O2/c1-21-11-9-7-5-4-6-8-10-20-26(2,3)27(21,22-12-16-24(28)17-13-22)23-14-18-25(29)19-15-23/h12-19,21,28-29H,4-11,20H2,1-3H3. The van der Waals surface area contributed by atoms with E-state index in [2.05, 4.69) is 45.0 Å². The Balaban J connectivity index is 2.20. The molecule has 2 aromatic carbocycles. The topological polar surface area (TPSA) is 40.5 Å². The van der Waals surface area contributed by atoms with Crippen molar-refractivity contribution in [3.63, 3.8) is 0 Å². The van der Waals surface area contributed by atoms with Crippen LogP contribution in [0, 0.1) is 11.3 Å². The van der Waals surface area contributed by atoms with Gasteiger partial charge in [0.2, 0.25) is 0 Å². The maximum atomic E-state index is 9.96. The predicted octanol–water partition coefficient (Wildman–Crippen LogP) is 7.57. The van der Waals surface area contributed by atoms with Crippen LogP contribution in [0.15, 0.2) is 48.5 Å². The van der Waals surface area contributed by atoms with Gasteiger partial charge >= 0.3 is 0 Å².